The first kappa shape index (κ1) is 18.1. The molecule has 150 valence electrons. The van der Waals surface area contributed by atoms with E-state index >= 15 is 0 Å². The topological polar surface area (TPSA) is 52.3 Å². The van der Waals surface area contributed by atoms with Gasteiger partial charge in [0.25, 0.3) is 5.91 Å². The Morgan fingerprint density at radius 1 is 1.10 bits per heavy atom. The average Bonchev–Trinajstić information content (AvgIpc) is 3.43. The summed E-state index contributed by atoms with van der Waals surface area (Å²) in [5, 5.41) is 4.40. The van der Waals surface area contributed by atoms with Gasteiger partial charge in [-0.05, 0) is 37.1 Å². The van der Waals surface area contributed by atoms with E-state index in [1.165, 1.54) is 10.7 Å². The van der Waals surface area contributed by atoms with Gasteiger partial charge in [-0.1, -0.05) is 25.0 Å². The fourth-order valence-electron chi connectivity index (χ4n) is 4.52. The Kier molecular flexibility index (Phi) is 4.67. The highest BCUT2D eigenvalue weighted by Crippen LogP contribution is 2.31. The molecule has 1 saturated carbocycles. The first-order valence-electron chi connectivity index (χ1n) is 10.1. The zero-order valence-electron chi connectivity index (χ0n) is 16.1. The molecule has 2 aromatic heterocycles. The van der Waals surface area contributed by atoms with Gasteiger partial charge >= 0.3 is 0 Å². The van der Waals surface area contributed by atoms with Gasteiger partial charge in [0.2, 0.25) is 0 Å². The molecule has 3 aromatic rings. The van der Waals surface area contributed by atoms with Crippen LogP contribution in [0.1, 0.15) is 36.0 Å². The monoisotopic (exact) mass is 394 g/mol. The van der Waals surface area contributed by atoms with Crippen molar-refractivity contribution >= 4 is 5.91 Å². The Morgan fingerprint density at radius 3 is 2.72 bits per heavy atom. The summed E-state index contributed by atoms with van der Waals surface area (Å²) in [7, 11) is 0. The van der Waals surface area contributed by atoms with Crippen molar-refractivity contribution in [1.29, 1.82) is 0 Å². The summed E-state index contributed by atoms with van der Waals surface area (Å²) in [4.78, 5) is 15.5. The van der Waals surface area contributed by atoms with Crippen LogP contribution in [0.3, 0.4) is 0 Å². The Morgan fingerprint density at radius 2 is 1.90 bits per heavy atom. The lowest BCUT2D eigenvalue weighted by atomic mass is 9.90. The molecular formula is C22H23FN4O2. The molecule has 1 aliphatic heterocycles. The van der Waals surface area contributed by atoms with E-state index in [4.69, 9.17) is 4.74 Å². The molecule has 2 atom stereocenters. The summed E-state index contributed by atoms with van der Waals surface area (Å²) < 4.78 is 23.7. The summed E-state index contributed by atoms with van der Waals surface area (Å²) in [6, 6.07) is 10.3. The summed E-state index contributed by atoms with van der Waals surface area (Å²) in [6.07, 6.45) is 9.54. The molecule has 2 fully saturated rings. The van der Waals surface area contributed by atoms with Crippen molar-refractivity contribution in [3.8, 4) is 11.5 Å². The van der Waals surface area contributed by atoms with Crippen molar-refractivity contribution in [2.45, 2.75) is 37.8 Å². The van der Waals surface area contributed by atoms with Gasteiger partial charge in [-0.3, -0.25) is 4.79 Å². The van der Waals surface area contributed by atoms with Crippen molar-refractivity contribution in [1.82, 2.24) is 19.2 Å². The Hall–Kier alpha value is -2.93. The molecule has 2 unspecified atom stereocenters. The number of ether oxygens (including phenoxy) is 1. The van der Waals surface area contributed by atoms with Crippen molar-refractivity contribution in [3.63, 3.8) is 0 Å². The summed E-state index contributed by atoms with van der Waals surface area (Å²) in [5.74, 6) is 0.0853. The molecule has 0 bridgehead atoms. The highest BCUT2D eigenvalue weighted by molar-refractivity contribution is 5.97. The number of fused-ring (bicyclic) bond motifs is 1. The molecule has 0 N–H and O–H groups in total. The number of rotatable bonds is 3. The average molecular weight is 394 g/mol. The maximum absolute atomic E-state index is 14.5. The van der Waals surface area contributed by atoms with E-state index in [1.54, 1.807) is 24.4 Å². The standard InChI is InChI=1S/C22H23FN4O2/c23-17-7-1-2-8-18(17)27-21(25-11-5-6-12-25)16(15-24-27)22(28)26-13-14-29-20-10-4-3-9-19(20)26/h1-2,5-8,11-12,15,19-20H,3-4,9-10,13-14H2. The number of halogens is 1. The molecule has 1 amide bonds. The van der Waals surface area contributed by atoms with E-state index in [1.807, 2.05) is 34.0 Å². The highest BCUT2D eigenvalue weighted by Gasteiger charge is 2.38. The number of morpholine rings is 1. The van der Waals surface area contributed by atoms with Gasteiger partial charge < -0.3 is 14.2 Å². The second-order valence-corrected chi connectivity index (χ2v) is 7.59. The number of carbonyl (C=O) groups is 1. The maximum Gasteiger partial charge on any atom is 0.259 e. The van der Waals surface area contributed by atoms with E-state index in [2.05, 4.69) is 5.10 Å². The second-order valence-electron chi connectivity index (χ2n) is 7.59. The van der Waals surface area contributed by atoms with Gasteiger partial charge in [-0.25, -0.2) is 9.07 Å². The van der Waals surface area contributed by atoms with Crippen molar-refractivity contribution < 1.29 is 13.9 Å². The number of carbonyl (C=O) groups excluding carboxylic acids is 1. The summed E-state index contributed by atoms with van der Waals surface area (Å²) in [6.45, 7) is 1.11. The van der Waals surface area contributed by atoms with Crippen LogP contribution in [0.15, 0.2) is 55.0 Å². The normalized spacial score (nSPS) is 21.8. The third-order valence-electron chi connectivity index (χ3n) is 5.90. The number of aromatic nitrogens is 3. The number of benzene rings is 1. The molecule has 2 aliphatic rings. The largest absolute Gasteiger partial charge is 0.374 e. The Bertz CT molecular complexity index is 1010. The van der Waals surface area contributed by atoms with Gasteiger partial charge in [-0.15, -0.1) is 0 Å². The fourth-order valence-corrected chi connectivity index (χ4v) is 4.52. The van der Waals surface area contributed by atoms with Crippen LogP contribution in [-0.2, 0) is 4.74 Å². The first-order chi connectivity index (χ1) is 14.2. The predicted octanol–water partition coefficient (Wildman–Crippen LogP) is 3.59. The predicted molar refractivity (Wildman–Crippen MR) is 106 cm³/mol. The minimum absolute atomic E-state index is 0.0727. The minimum Gasteiger partial charge on any atom is -0.374 e. The van der Waals surface area contributed by atoms with Crippen LogP contribution in [0.25, 0.3) is 11.5 Å². The number of hydrogen-bond donors (Lipinski definition) is 0. The quantitative estimate of drug-likeness (QED) is 0.682. The summed E-state index contributed by atoms with van der Waals surface area (Å²) >= 11 is 0. The lowest BCUT2D eigenvalue weighted by Gasteiger charge is -2.43. The molecule has 29 heavy (non-hydrogen) atoms. The first-order valence-corrected chi connectivity index (χ1v) is 10.1. The SMILES string of the molecule is O=C(c1cnn(-c2ccccc2F)c1-n1cccc1)N1CCOC2CCCCC21. The molecule has 1 aromatic carbocycles. The Balaban J connectivity index is 1.58. The third-order valence-corrected chi connectivity index (χ3v) is 5.90. The number of amides is 1. The van der Waals surface area contributed by atoms with Crippen LogP contribution in [0, 0.1) is 5.82 Å². The van der Waals surface area contributed by atoms with Gasteiger partial charge in [-0.2, -0.15) is 5.10 Å². The van der Waals surface area contributed by atoms with Crippen LogP contribution >= 0.6 is 0 Å². The van der Waals surface area contributed by atoms with E-state index in [0.717, 1.165) is 25.7 Å². The fraction of sp³-hybridized carbons (Fsp3) is 0.364. The summed E-state index contributed by atoms with van der Waals surface area (Å²) in [5.41, 5.74) is 0.781. The van der Waals surface area contributed by atoms with E-state index in [9.17, 15) is 9.18 Å². The van der Waals surface area contributed by atoms with Crippen LogP contribution in [0.4, 0.5) is 4.39 Å². The third kappa shape index (κ3) is 3.15. The minimum atomic E-state index is -0.387. The van der Waals surface area contributed by atoms with Crippen LogP contribution in [-0.4, -0.2) is 50.5 Å². The zero-order valence-corrected chi connectivity index (χ0v) is 16.1. The van der Waals surface area contributed by atoms with Gasteiger partial charge in [0.15, 0.2) is 5.82 Å². The van der Waals surface area contributed by atoms with E-state index in [-0.39, 0.29) is 23.9 Å². The van der Waals surface area contributed by atoms with Crippen molar-refractivity contribution in [3.05, 3.63) is 66.4 Å². The smallest absolute Gasteiger partial charge is 0.259 e. The zero-order chi connectivity index (χ0) is 19.8. The van der Waals surface area contributed by atoms with Crippen molar-refractivity contribution in [2.24, 2.45) is 0 Å². The Labute approximate surface area is 168 Å². The van der Waals surface area contributed by atoms with Crippen LogP contribution < -0.4 is 0 Å². The number of hydrogen-bond acceptors (Lipinski definition) is 3. The molecule has 0 spiro atoms. The van der Waals surface area contributed by atoms with Gasteiger partial charge in [0.1, 0.15) is 17.1 Å². The number of para-hydroxylation sites is 1. The number of nitrogens with zero attached hydrogens (tertiary/aromatic N) is 4. The van der Waals surface area contributed by atoms with Crippen LogP contribution in [0.5, 0.6) is 0 Å². The lowest BCUT2D eigenvalue weighted by Crippen LogP contribution is -2.54. The molecule has 1 aliphatic carbocycles. The highest BCUT2D eigenvalue weighted by atomic mass is 19.1. The maximum atomic E-state index is 14.5. The van der Waals surface area contributed by atoms with Crippen molar-refractivity contribution in [2.75, 3.05) is 13.2 Å². The van der Waals surface area contributed by atoms with E-state index < -0.39 is 0 Å². The van der Waals surface area contributed by atoms with Gasteiger partial charge in [0.05, 0.1) is 24.9 Å². The lowest BCUT2D eigenvalue weighted by molar-refractivity contribution is -0.0752. The van der Waals surface area contributed by atoms with Crippen LogP contribution in [0.2, 0.25) is 0 Å². The second kappa shape index (κ2) is 7.48. The molecule has 5 rings (SSSR count). The molecular weight excluding hydrogens is 371 g/mol. The molecule has 7 heteroatoms. The molecule has 0 radical (unpaired) electrons. The molecule has 6 nitrogen and oxygen atoms in total. The van der Waals surface area contributed by atoms with Gasteiger partial charge in [0, 0.05) is 18.9 Å². The van der Waals surface area contributed by atoms with E-state index in [0.29, 0.717) is 30.2 Å². The molecule has 1 saturated heterocycles. The molecule has 3 heterocycles.